The second-order valence-corrected chi connectivity index (χ2v) is 8.91. The molecule has 0 aromatic heterocycles. The number of ether oxygens (including phenoxy) is 2. The minimum atomic E-state index is -0.657. The predicted molar refractivity (Wildman–Crippen MR) is 139 cm³/mol. The first-order valence-electron chi connectivity index (χ1n) is 14.0. The van der Waals surface area contributed by atoms with E-state index in [1.165, 1.54) is 57.8 Å². The quantitative estimate of drug-likeness (QED) is 0.116. The topological polar surface area (TPSA) is 89.9 Å². The summed E-state index contributed by atoms with van der Waals surface area (Å²) in [5, 5.41) is 8.46. The summed E-state index contributed by atoms with van der Waals surface area (Å²) in [7, 11) is 0. The Labute approximate surface area is 209 Å². The fraction of sp³-hybridized carbons (Fsp3) is 0.893. The van der Waals surface area contributed by atoms with E-state index in [9.17, 15) is 14.4 Å². The van der Waals surface area contributed by atoms with Gasteiger partial charge in [-0.1, -0.05) is 96.8 Å². The molecule has 0 unspecified atom stereocenters. The number of carboxylic acids is 1. The highest BCUT2D eigenvalue weighted by Gasteiger charge is 2.02. The minimum Gasteiger partial charge on any atom is -0.481 e. The van der Waals surface area contributed by atoms with E-state index in [2.05, 4.69) is 6.92 Å². The monoisotopic (exact) mass is 486 g/mol. The van der Waals surface area contributed by atoms with Gasteiger partial charge in [-0.05, 0) is 33.1 Å². The van der Waals surface area contributed by atoms with Crippen LogP contribution in [-0.4, -0.2) is 36.2 Å². The van der Waals surface area contributed by atoms with Crippen LogP contribution in [0, 0.1) is 0 Å². The molecule has 0 spiro atoms. The highest BCUT2D eigenvalue weighted by atomic mass is 16.5. The van der Waals surface area contributed by atoms with Crippen LogP contribution in [-0.2, 0) is 23.9 Å². The Bertz CT molecular complexity index is 440. The molecule has 0 aliphatic carbocycles. The number of esters is 2. The van der Waals surface area contributed by atoms with Crippen molar-refractivity contribution in [3.8, 4) is 0 Å². The Morgan fingerprint density at radius 1 is 0.471 bits per heavy atom. The van der Waals surface area contributed by atoms with Gasteiger partial charge in [0.15, 0.2) is 0 Å². The zero-order valence-electron chi connectivity index (χ0n) is 22.5. The predicted octanol–water partition coefficient (Wildman–Crippen LogP) is 8.01. The molecule has 6 nitrogen and oxygen atoms in total. The van der Waals surface area contributed by atoms with Crippen LogP contribution in [0.5, 0.6) is 0 Å². The van der Waals surface area contributed by atoms with E-state index in [0.29, 0.717) is 32.5 Å². The first kappa shape index (κ1) is 34.6. The maximum atomic E-state index is 11.0. The molecule has 0 atom stereocenters. The van der Waals surface area contributed by atoms with Crippen molar-refractivity contribution >= 4 is 17.9 Å². The first-order valence-corrected chi connectivity index (χ1v) is 14.0. The van der Waals surface area contributed by atoms with E-state index in [4.69, 9.17) is 14.6 Å². The van der Waals surface area contributed by atoms with Crippen LogP contribution in [0.2, 0.25) is 0 Å². The average molecular weight is 487 g/mol. The lowest BCUT2D eigenvalue weighted by Gasteiger charge is -2.03. The fourth-order valence-corrected chi connectivity index (χ4v) is 3.65. The zero-order valence-corrected chi connectivity index (χ0v) is 22.5. The van der Waals surface area contributed by atoms with Gasteiger partial charge in [0.1, 0.15) is 0 Å². The fourth-order valence-electron chi connectivity index (χ4n) is 3.65. The van der Waals surface area contributed by atoms with Crippen LogP contribution in [0.15, 0.2) is 0 Å². The molecular weight excluding hydrogens is 432 g/mol. The van der Waals surface area contributed by atoms with Gasteiger partial charge in [-0.25, -0.2) is 0 Å². The summed E-state index contributed by atoms with van der Waals surface area (Å²) in [5.41, 5.74) is 0. The Hall–Kier alpha value is -1.59. The number of aliphatic carboxylic acids is 1. The molecule has 202 valence electrons. The smallest absolute Gasteiger partial charge is 0.305 e. The number of carbonyl (C=O) groups is 3. The van der Waals surface area contributed by atoms with Crippen molar-refractivity contribution in [2.75, 3.05) is 13.2 Å². The molecule has 0 radical (unpaired) electrons. The molecule has 0 saturated carbocycles. The summed E-state index contributed by atoms with van der Waals surface area (Å²) in [6.45, 7) is 6.82. The standard InChI is InChI=1S/C14H26O4.C14H28O2/c1-3-17-13(15)11-9-7-5-6-8-10-12-14(16)18-4-2;1-2-3-4-5-6-7-8-9-10-11-12-13-14(15)16/h3-12H2,1-2H3;2-13H2,1H3,(H,15,16). The number of rotatable bonds is 23. The van der Waals surface area contributed by atoms with E-state index in [1.54, 1.807) is 0 Å². The van der Waals surface area contributed by atoms with Gasteiger partial charge in [-0.2, -0.15) is 0 Å². The van der Waals surface area contributed by atoms with Gasteiger partial charge in [-0.3, -0.25) is 14.4 Å². The highest BCUT2D eigenvalue weighted by molar-refractivity contribution is 5.69. The lowest BCUT2D eigenvalue weighted by atomic mass is 10.1. The van der Waals surface area contributed by atoms with E-state index in [-0.39, 0.29) is 11.9 Å². The second-order valence-electron chi connectivity index (χ2n) is 8.91. The summed E-state index contributed by atoms with van der Waals surface area (Å²) in [5.74, 6) is -0.851. The van der Waals surface area contributed by atoms with Gasteiger partial charge in [0, 0.05) is 19.3 Å². The largest absolute Gasteiger partial charge is 0.481 e. The molecule has 0 fully saturated rings. The van der Waals surface area contributed by atoms with Crippen LogP contribution < -0.4 is 0 Å². The summed E-state index contributed by atoms with van der Waals surface area (Å²) in [6.07, 6.45) is 21.5. The van der Waals surface area contributed by atoms with Crippen molar-refractivity contribution in [3.63, 3.8) is 0 Å². The summed E-state index contributed by atoms with van der Waals surface area (Å²) in [4.78, 5) is 32.3. The van der Waals surface area contributed by atoms with Gasteiger partial charge >= 0.3 is 17.9 Å². The minimum absolute atomic E-state index is 0.0974. The molecule has 34 heavy (non-hydrogen) atoms. The lowest BCUT2D eigenvalue weighted by Crippen LogP contribution is -2.03. The van der Waals surface area contributed by atoms with Crippen LogP contribution in [0.3, 0.4) is 0 Å². The van der Waals surface area contributed by atoms with E-state index in [1.807, 2.05) is 13.8 Å². The maximum Gasteiger partial charge on any atom is 0.305 e. The third-order valence-corrected chi connectivity index (χ3v) is 5.62. The van der Waals surface area contributed by atoms with Crippen LogP contribution in [0.25, 0.3) is 0 Å². The number of hydrogen-bond donors (Lipinski definition) is 1. The molecule has 0 saturated heterocycles. The molecule has 0 aromatic carbocycles. The van der Waals surface area contributed by atoms with Gasteiger partial charge in [0.2, 0.25) is 0 Å². The van der Waals surface area contributed by atoms with E-state index >= 15 is 0 Å². The number of carbonyl (C=O) groups excluding carboxylic acids is 2. The third-order valence-electron chi connectivity index (χ3n) is 5.62. The molecule has 0 bridgehead atoms. The van der Waals surface area contributed by atoms with Crippen molar-refractivity contribution in [2.45, 2.75) is 149 Å². The first-order chi connectivity index (χ1) is 16.5. The average Bonchev–Trinajstić information content (AvgIpc) is 2.80. The molecule has 0 amide bonds. The summed E-state index contributed by atoms with van der Waals surface area (Å²) < 4.78 is 9.69. The Morgan fingerprint density at radius 3 is 1.06 bits per heavy atom. The van der Waals surface area contributed by atoms with Crippen LogP contribution in [0.4, 0.5) is 0 Å². The molecule has 0 aliphatic heterocycles. The molecule has 1 N–H and O–H groups in total. The Morgan fingerprint density at radius 2 is 0.765 bits per heavy atom. The van der Waals surface area contributed by atoms with Crippen molar-refractivity contribution in [1.82, 2.24) is 0 Å². The van der Waals surface area contributed by atoms with Gasteiger partial charge < -0.3 is 14.6 Å². The van der Waals surface area contributed by atoms with E-state index in [0.717, 1.165) is 51.4 Å². The Balaban J connectivity index is 0. The number of unbranched alkanes of at least 4 members (excludes halogenated alkanes) is 15. The van der Waals surface area contributed by atoms with E-state index < -0.39 is 5.97 Å². The Kier molecular flexibility index (Phi) is 29.9. The van der Waals surface area contributed by atoms with Gasteiger partial charge in [-0.15, -0.1) is 0 Å². The molecule has 0 heterocycles. The zero-order chi connectivity index (χ0) is 25.7. The SMILES string of the molecule is CCCCCCCCCCCCCC(=O)O.CCOC(=O)CCCCCCCCC(=O)OCC. The van der Waals surface area contributed by atoms with Crippen molar-refractivity contribution < 1.29 is 29.0 Å². The normalized spacial score (nSPS) is 10.3. The number of hydrogen-bond acceptors (Lipinski definition) is 5. The molecule has 0 aromatic rings. The number of carboxylic acid groups (broad SMARTS) is 1. The van der Waals surface area contributed by atoms with Crippen molar-refractivity contribution in [2.24, 2.45) is 0 Å². The van der Waals surface area contributed by atoms with Gasteiger partial charge in [0.05, 0.1) is 13.2 Å². The van der Waals surface area contributed by atoms with Gasteiger partial charge in [0.25, 0.3) is 0 Å². The second kappa shape index (κ2) is 29.4. The molecule has 6 heteroatoms. The third kappa shape index (κ3) is 32.6. The molecule has 0 aliphatic rings. The van der Waals surface area contributed by atoms with Crippen molar-refractivity contribution in [3.05, 3.63) is 0 Å². The lowest BCUT2D eigenvalue weighted by molar-refractivity contribution is -0.144. The van der Waals surface area contributed by atoms with Crippen LogP contribution >= 0.6 is 0 Å². The highest BCUT2D eigenvalue weighted by Crippen LogP contribution is 2.12. The van der Waals surface area contributed by atoms with Crippen molar-refractivity contribution in [1.29, 1.82) is 0 Å². The maximum absolute atomic E-state index is 11.0. The molecular formula is C28H54O6. The summed E-state index contributed by atoms with van der Waals surface area (Å²) in [6, 6.07) is 0. The van der Waals surface area contributed by atoms with Crippen LogP contribution in [0.1, 0.15) is 149 Å². The molecule has 0 rings (SSSR count). The summed E-state index contributed by atoms with van der Waals surface area (Å²) >= 11 is 0.